The number of aromatic nitrogens is 3. The van der Waals surface area contributed by atoms with Crippen LogP contribution in [-0.2, 0) is 11.5 Å². The molecule has 1 amide bonds. The van der Waals surface area contributed by atoms with Crippen LogP contribution in [0.15, 0.2) is 18.6 Å². The van der Waals surface area contributed by atoms with Gasteiger partial charge in [0, 0.05) is 38.8 Å². The highest BCUT2D eigenvalue weighted by molar-refractivity contribution is 9.07. The summed E-state index contributed by atoms with van der Waals surface area (Å²) in [5.41, 5.74) is 1.43. The van der Waals surface area contributed by atoms with Crippen LogP contribution < -0.4 is 0 Å². The maximum Gasteiger partial charge on any atom is 0.268 e. The summed E-state index contributed by atoms with van der Waals surface area (Å²) >= 11 is 3.38. The Balaban J connectivity index is 2.24. The predicted octanol–water partition coefficient (Wildman–Crippen LogP) is 4.29. The first-order chi connectivity index (χ1) is 11.5. The zero-order valence-corrected chi connectivity index (χ0v) is 18.4. The Kier molecular flexibility index (Phi) is 6.06. The number of hydrogen-bond acceptors (Lipinski definition) is 4. The Morgan fingerprint density at radius 3 is 2.52 bits per heavy atom. The zero-order chi connectivity index (χ0) is 18.8. The molecule has 2 rings (SSSR count). The van der Waals surface area contributed by atoms with Crippen LogP contribution in [0.3, 0.4) is 0 Å². The van der Waals surface area contributed by atoms with E-state index in [0.717, 1.165) is 6.04 Å². The van der Waals surface area contributed by atoms with Gasteiger partial charge in [-0.1, -0.05) is 19.6 Å². The summed E-state index contributed by atoms with van der Waals surface area (Å²) in [6, 6.07) is 1.10. The second-order valence-electron chi connectivity index (χ2n) is 8.35. The third-order valence-electron chi connectivity index (χ3n) is 3.72. The van der Waals surface area contributed by atoms with Crippen molar-refractivity contribution in [3.05, 3.63) is 24.2 Å². The van der Waals surface area contributed by atoms with Gasteiger partial charge >= 0.3 is 0 Å². The molecule has 2 aromatic rings. The summed E-state index contributed by atoms with van der Waals surface area (Å²) in [5, 5.41) is 0. The van der Waals surface area contributed by atoms with Crippen molar-refractivity contribution in [3.8, 4) is 0 Å². The minimum atomic E-state index is -1.13. The lowest BCUT2D eigenvalue weighted by atomic mass is 10.1. The van der Waals surface area contributed by atoms with Crippen molar-refractivity contribution in [1.82, 2.24) is 18.5 Å². The lowest BCUT2D eigenvalue weighted by molar-refractivity contribution is 0.0800. The highest BCUT2D eigenvalue weighted by atomic mass is 79.9. The van der Waals surface area contributed by atoms with Crippen molar-refractivity contribution < 1.29 is 9.53 Å². The molecule has 0 aromatic carbocycles. The van der Waals surface area contributed by atoms with Gasteiger partial charge in [-0.25, -0.2) is 4.98 Å². The van der Waals surface area contributed by atoms with E-state index in [0.29, 0.717) is 30.1 Å². The highest BCUT2D eigenvalue weighted by Crippen LogP contribution is 2.25. The van der Waals surface area contributed by atoms with Gasteiger partial charge < -0.3 is 9.30 Å². The van der Waals surface area contributed by atoms with Crippen molar-refractivity contribution in [2.45, 2.75) is 58.7 Å². The van der Waals surface area contributed by atoms with E-state index in [1.54, 1.807) is 22.5 Å². The molecule has 0 N–H and O–H groups in total. The molecule has 138 valence electrons. The topological polar surface area (TPSA) is 60.2 Å². The number of hydrogen-bond donors (Lipinski definition) is 0. The fourth-order valence-corrected chi connectivity index (χ4v) is 3.16. The molecule has 0 aliphatic heterocycles. The molecule has 0 spiro atoms. The van der Waals surface area contributed by atoms with Gasteiger partial charge in [0.2, 0.25) is 0 Å². The fourth-order valence-electron chi connectivity index (χ4n) is 2.22. The second-order valence-corrected chi connectivity index (χ2v) is 14.7. The normalized spacial score (nSPS) is 12.6. The lowest BCUT2D eigenvalue weighted by Crippen LogP contribution is -2.38. The smallest absolute Gasteiger partial charge is 0.268 e. The lowest BCUT2D eigenvalue weighted by Gasteiger charge is -2.29. The van der Waals surface area contributed by atoms with Gasteiger partial charge in [-0.2, -0.15) is 0 Å². The number of rotatable bonds is 6. The van der Waals surface area contributed by atoms with E-state index in [4.69, 9.17) is 4.74 Å². The molecule has 0 atom stereocenters. The molecule has 0 unspecified atom stereocenters. The van der Waals surface area contributed by atoms with Crippen molar-refractivity contribution in [2.24, 2.45) is 0 Å². The molecule has 0 saturated carbocycles. The summed E-state index contributed by atoms with van der Waals surface area (Å²) in [6.45, 7) is 13.9. The fraction of sp³-hybridized carbons (Fsp3) is 0.588. The molecule has 0 aliphatic carbocycles. The minimum Gasteiger partial charge on any atom is -0.361 e. The van der Waals surface area contributed by atoms with Crippen molar-refractivity contribution in [1.29, 1.82) is 0 Å². The second kappa shape index (κ2) is 7.55. The van der Waals surface area contributed by atoms with E-state index in [9.17, 15) is 4.79 Å². The van der Waals surface area contributed by atoms with Crippen molar-refractivity contribution in [3.63, 3.8) is 0 Å². The van der Waals surface area contributed by atoms with Gasteiger partial charge in [0.1, 0.15) is 12.2 Å². The van der Waals surface area contributed by atoms with Crippen LogP contribution in [0.2, 0.25) is 25.7 Å². The first-order valence-electron chi connectivity index (χ1n) is 8.38. The summed E-state index contributed by atoms with van der Waals surface area (Å²) in [6.07, 6.45) is 5.01. The molecule has 8 heteroatoms. The average Bonchev–Trinajstić information content (AvgIpc) is 2.87. The maximum absolute atomic E-state index is 12.8. The summed E-state index contributed by atoms with van der Waals surface area (Å²) < 4.78 is 9.21. The summed E-state index contributed by atoms with van der Waals surface area (Å²) in [7, 11) is -1.13. The molecular weight excluding hydrogens is 400 g/mol. The molecule has 0 saturated heterocycles. The Hall–Kier alpha value is -1.25. The number of carbonyl (C=O) groups is 1. The van der Waals surface area contributed by atoms with Gasteiger partial charge in [-0.15, -0.1) is 0 Å². The average molecular weight is 427 g/mol. The number of nitrogens with zero attached hydrogens (tertiary/aromatic N) is 4. The third kappa shape index (κ3) is 5.12. The Bertz CT molecular complexity index is 749. The number of ether oxygens (including phenoxy) is 1. The molecule has 0 bridgehead atoms. The molecule has 2 aromatic heterocycles. The molecule has 0 aliphatic rings. The molecule has 0 radical (unpaired) electrons. The van der Waals surface area contributed by atoms with Crippen LogP contribution in [-0.4, -0.2) is 44.6 Å². The molecule has 6 nitrogen and oxygen atoms in total. The van der Waals surface area contributed by atoms with E-state index in [-0.39, 0.29) is 11.4 Å². The van der Waals surface area contributed by atoms with E-state index >= 15 is 0 Å². The van der Waals surface area contributed by atoms with Gasteiger partial charge in [-0.3, -0.25) is 13.7 Å². The van der Waals surface area contributed by atoms with E-state index < -0.39 is 8.07 Å². The quantitative estimate of drug-likeness (QED) is 0.392. The molecule has 0 fully saturated rings. The van der Waals surface area contributed by atoms with E-state index in [1.165, 1.54) is 0 Å². The number of halogens is 1. The standard InChI is InChI=1S/C17H27BrN4O2Si/c1-17(2,3)22(18)16(23)13-11-21(12-24-9-10-25(4,5)6)15-14(13)19-7-8-20-15/h7-8,11H,9-10,12H2,1-6H3. The van der Waals surface area contributed by atoms with Gasteiger partial charge in [0.05, 0.1) is 21.7 Å². The SMILES string of the molecule is CC(C)(C)N(Br)C(=O)c1cn(COCC[Si](C)(C)C)c2nccnc12. The number of amides is 1. The third-order valence-corrected chi connectivity index (χ3v) is 6.81. The van der Waals surface area contributed by atoms with Crippen LogP contribution in [0, 0.1) is 0 Å². The van der Waals surface area contributed by atoms with Gasteiger partial charge in [0.15, 0.2) is 5.65 Å². The Labute approximate surface area is 158 Å². The van der Waals surface area contributed by atoms with Crippen LogP contribution in [0.5, 0.6) is 0 Å². The molecule has 2 heterocycles. The number of carbonyl (C=O) groups excluding carboxylic acids is 1. The molecule has 25 heavy (non-hydrogen) atoms. The maximum atomic E-state index is 12.8. The monoisotopic (exact) mass is 426 g/mol. The minimum absolute atomic E-state index is 0.140. The van der Waals surface area contributed by atoms with E-state index in [1.807, 2.05) is 25.3 Å². The number of fused-ring (bicyclic) bond motifs is 1. The Morgan fingerprint density at radius 2 is 1.92 bits per heavy atom. The largest absolute Gasteiger partial charge is 0.361 e. The van der Waals surface area contributed by atoms with Gasteiger partial charge in [0.25, 0.3) is 5.91 Å². The zero-order valence-electron chi connectivity index (χ0n) is 15.8. The Morgan fingerprint density at radius 1 is 1.28 bits per heavy atom. The van der Waals surface area contributed by atoms with Gasteiger partial charge in [-0.05, 0) is 26.8 Å². The van der Waals surface area contributed by atoms with Crippen LogP contribution in [0.4, 0.5) is 0 Å². The first kappa shape index (κ1) is 20.1. The van der Waals surface area contributed by atoms with Crippen LogP contribution in [0.1, 0.15) is 31.1 Å². The van der Waals surface area contributed by atoms with Crippen molar-refractivity contribution in [2.75, 3.05) is 6.61 Å². The van der Waals surface area contributed by atoms with E-state index in [2.05, 4.69) is 45.8 Å². The van der Waals surface area contributed by atoms with Crippen LogP contribution >= 0.6 is 16.1 Å². The molecular formula is C17H27BrN4O2Si. The van der Waals surface area contributed by atoms with Crippen molar-refractivity contribution >= 4 is 41.3 Å². The highest BCUT2D eigenvalue weighted by Gasteiger charge is 2.28. The summed E-state index contributed by atoms with van der Waals surface area (Å²) in [5.74, 6) is -0.140. The van der Waals surface area contributed by atoms with Crippen LogP contribution in [0.25, 0.3) is 11.2 Å². The predicted molar refractivity (Wildman–Crippen MR) is 106 cm³/mol. The summed E-state index contributed by atoms with van der Waals surface area (Å²) in [4.78, 5) is 21.6. The first-order valence-corrected chi connectivity index (χ1v) is 12.8.